The van der Waals surface area contributed by atoms with Gasteiger partial charge in [-0.1, -0.05) is 15.9 Å². The molecule has 1 N–H and O–H groups in total. The van der Waals surface area contributed by atoms with Crippen molar-refractivity contribution in [3.63, 3.8) is 0 Å². The van der Waals surface area contributed by atoms with E-state index in [1.165, 1.54) is 12.3 Å². The maximum Gasteiger partial charge on any atom is 0.234 e. The quantitative estimate of drug-likeness (QED) is 0.820. The van der Waals surface area contributed by atoms with Gasteiger partial charge in [-0.2, -0.15) is 0 Å². The number of amides is 2. The van der Waals surface area contributed by atoms with Gasteiger partial charge in [-0.3, -0.25) is 14.9 Å². The first-order valence-electron chi connectivity index (χ1n) is 5.76. The number of hydrogen-bond acceptors (Lipinski definition) is 3. The van der Waals surface area contributed by atoms with E-state index in [1.54, 1.807) is 6.07 Å². The third-order valence-electron chi connectivity index (χ3n) is 3.23. The summed E-state index contributed by atoms with van der Waals surface area (Å²) in [6, 6.07) is 2.97. The first-order valence-corrected chi connectivity index (χ1v) is 6.55. The molecule has 1 aliphatic heterocycles. The van der Waals surface area contributed by atoms with E-state index in [9.17, 15) is 14.0 Å². The van der Waals surface area contributed by atoms with Crippen LogP contribution in [0.2, 0.25) is 0 Å². The van der Waals surface area contributed by atoms with Crippen LogP contribution in [0.5, 0.6) is 0 Å². The Hall–Kier alpha value is -1.69. The van der Waals surface area contributed by atoms with E-state index in [1.807, 2.05) is 0 Å². The number of imide groups is 1. The Bertz CT molecular complexity index is 694. The maximum absolute atomic E-state index is 14.0. The third-order valence-corrected chi connectivity index (χ3v) is 3.69. The molecule has 0 saturated carbocycles. The first-order chi connectivity index (χ1) is 9.06. The molecule has 19 heavy (non-hydrogen) atoms. The van der Waals surface area contributed by atoms with Gasteiger partial charge in [0.15, 0.2) is 0 Å². The minimum atomic E-state index is -0.547. The summed E-state index contributed by atoms with van der Waals surface area (Å²) in [4.78, 5) is 22.9. The largest absolute Gasteiger partial charge is 0.464 e. The lowest BCUT2D eigenvalue weighted by atomic mass is 9.90. The Morgan fingerprint density at radius 1 is 1.37 bits per heavy atom. The second-order valence-corrected chi connectivity index (χ2v) is 5.37. The van der Waals surface area contributed by atoms with E-state index in [0.29, 0.717) is 27.4 Å². The number of carbonyl (C=O) groups is 2. The molecule has 3 rings (SSSR count). The number of benzene rings is 1. The Morgan fingerprint density at radius 3 is 2.89 bits per heavy atom. The van der Waals surface area contributed by atoms with Crippen molar-refractivity contribution in [2.75, 3.05) is 0 Å². The number of furan rings is 1. The van der Waals surface area contributed by atoms with Crippen LogP contribution in [0.4, 0.5) is 4.39 Å². The van der Waals surface area contributed by atoms with Crippen molar-refractivity contribution < 1.29 is 18.4 Å². The van der Waals surface area contributed by atoms with E-state index < -0.39 is 17.6 Å². The molecule has 98 valence electrons. The lowest BCUT2D eigenvalue weighted by molar-refractivity contribution is -0.134. The van der Waals surface area contributed by atoms with Gasteiger partial charge in [-0.05, 0) is 18.6 Å². The molecule has 0 bridgehead atoms. The molecular weight excluding hydrogens is 317 g/mol. The Kier molecular flexibility index (Phi) is 2.89. The van der Waals surface area contributed by atoms with Crippen LogP contribution in [0.15, 0.2) is 27.3 Å². The number of hydrogen-bond donors (Lipinski definition) is 1. The van der Waals surface area contributed by atoms with Crippen molar-refractivity contribution in [1.29, 1.82) is 0 Å². The van der Waals surface area contributed by atoms with Crippen LogP contribution >= 0.6 is 15.9 Å². The molecule has 6 heteroatoms. The van der Waals surface area contributed by atoms with Crippen molar-refractivity contribution in [2.24, 2.45) is 0 Å². The van der Waals surface area contributed by atoms with Gasteiger partial charge in [0.2, 0.25) is 11.8 Å². The summed E-state index contributed by atoms with van der Waals surface area (Å²) in [5, 5.41) is 2.57. The Labute approximate surface area is 116 Å². The molecular formula is C13H9BrFNO3. The van der Waals surface area contributed by atoms with E-state index in [2.05, 4.69) is 21.2 Å². The highest BCUT2D eigenvalue weighted by molar-refractivity contribution is 9.10. The third kappa shape index (κ3) is 2.06. The molecule has 1 unspecified atom stereocenters. The summed E-state index contributed by atoms with van der Waals surface area (Å²) < 4.78 is 19.9. The summed E-state index contributed by atoms with van der Waals surface area (Å²) in [6.45, 7) is 0. The number of carbonyl (C=O) groups excluding carboxylic acids is 2. The normalized spacial score (nSPS) is 19.8. The molecule has 1 atom stereocenters. The molecule has 1 aromatic heterocycles. The Morgan fingerprint density at radius 2 is 2.16 bits per heavy atom. The molecule has 1 aliphatic rings. The van der Waals surface area contributed by atoms with Crippen LogP contribution in [-0.4, -0.2) is 11.8 Å². The highest BCUT2D eigenvalue weighted by Gasteiger charge is 2.31. The lowest BCUT2D eigenvalue weighted by Crippen LogP contribution is -2.39. The van der Waals surface area contributed by atoms with Gasteiger partial charge in [-0.25, -0.2) is 4.39 Å². The zero-order valence-corrected chi connectivity index (χ0v) is 11.3. The first kappa shape index (κ1) is 12.3. The molecule has 2 aromatic rings. The molecule has 0 aliphatic carbocycles. The van der Waals surface area contributed by atoms with E-state index >= 15 is 0 Å². The average molecular weight is 326 g/mol. The van der Waals surface area contributed by atoms with Gasteiger partial charge >= 0.3 is 0 Å². The van der Waals surface area contributed by atoms with Crippen molar-refractivity contribution in [2.45, 2.75) is 18.8 Å². The van der Waals surface area contributed by atoms with Gasteiger partial charge in [-0.15, -0.1) is 0 Å². The number of rotatable bonds is 1. The van der Waals surface area contributed by atoms with Crippen LogP contribution in [-0.2, 0) is 9.59 Å². The zero-order chi connectivity index (χ0) is 13.6. The monoisotopic (exact) mass is 325 g/mol. The fraction of sp³-hybridized carbons (Fsp3) is 0.231. The van der Waals surface area contributed by atoms with Crippen LogP contribution in [0.25, 0.3) is 11.0 Å². The highest BCUT2D eigenvalue weighted by Crippen LogP contribution is 2.35. The van der Waals surface area contributed by atoms with Gasteiger partial charge in [0, 0.05) is 16.5 Å². The topological polar surface area (TPSA) is 59.3 Å². The SMILES string of the molecule is O=C1CCC(c2coc3cc(Br)cc(F)c23)C(=O)N1. The second-order valence-electron chi connectivity index (χ2n) is 4.46. The number of nitrogens with one attached hydrogen (secondary N) is 1. The predicted molar refractivity (Wildman–Crippen MR) is 69.0 cm³/mol. The molecule has 2 amide bonds. The molecule has 1 fully saturated rings. The smallest absolute Gasteiger partial charge is 0.234 e. The molecule has 4 nitrogen and oxygen atoms in total. The average Bonchev–Trinajstić information content (AvgIpc) is 2.72. The fourth-order valence-corrected chi connectivity index (χ4v) is 2.76. The lowest BCUT2D eigenvalue weighted by Gasteiger charge is -2.19. The fourth-order valence-electron chi connectivity index (χ4n) is 2.36. The number of piperidine rings is 1. The van der Waals surface area contributed by atoms with Crippen LogP contribution in [0.1, 0.15) is 24.3 Å². The highest BCUT2D eigenvalue weighted by atomic mass is 79.9. The van der Waals surface area contributed by atoms with Crippen LogP contribution in [0, 0.1) is 5.82 Å². The van der Waals surface area contributed by atoms with Crippen molar-refractivity contribution in [3.8, 4) is 0 Å². The number of halogens is 2. The molecule has 1 saturated heterocycles. The minimum absolute atomic E-state index is 0.251. The van der Waals surface area contributed by atoms with Crippen molar-refractivity contribution >= 4 is 38.7 Å². The summed E-state index contributed by atoms with van der Waals surface area (Å²) >= 11 is 3.18. The van der Waals surface area contributed by atoms with E-state index in [0.717, 1.165) is 0 Å². The van der Waals surface area contributed by atoms with Gasteiger partial charge in [0.05, 0.1) is 17.6 Å². The van der Waals surface area contributed by atoms with Crippen molar-refractivity contribution in [3.05, 3.63) is 34.2 Å². The minimum Gasteiger partial charge on any atom is -0.464 e. The molecule has 2 heterocycles. The standard InChI is InChI=1S/C13H9BrFNO3/c14-6-3-9(15)12-8(5-19-10(12)4-6)7-1-2-11(17)16-13(7)18/h3-5,7H,1-2H2,(H,16,17,18). The summed E-state index contributed by atoms with van der Waals surface area (Å²) in [5.41, 5.74) is 0.872. The second kappa shape index (κ2) is 4.45. The van der Waals surface area contributed by atoms with Gasteiger partial charge in [0.25, 0.3) is 0 Å². The Balaban J connectivity index is 2.11. The van der Waals surface area contributed by atoms with Crippen molar-refractivity contribution in [1.82, 2.24) is 5.32 Å². The predicted octanol–water partition coefficient (Wildman–Crippen LogP) is 2.85. The van der Waals surface area contributed by atoms with E-state index in [4.69, 9.17) is 4.42 Å². The zero-order valence-electron chi connectivity index (χ0n) is 9.70. The molecule has 0 radical (unpaired) electrons. The van der Waals surface area contributed by atoms with Gasteiger partial charge < -0.3 is 4.42 Å². The summed E-state index contributed by atoms with van der Waals surface area (Å²) in [6.07, 6.45) is 2.01. The van der Waals surface area contributed by atoms with Crippen LogP contribution in [0.3, 0.4) is 0 Å². The summed E-state index contributed by atoms with van der Waals surface area (Å²) in [5.74, 6) is -1.69. The molecule has 0 spiro atoms. The summed E-state index contributed by atoms with van der Waals surface area (Å²) in [7, 11) is 0. The van der Waals surface area contributed by atoms with Gasteiger partial charge in [0.1, 0.15) is 11.4 Å². The van der Waals surface area contributed by atoms with Crippen LogP contribution < -0.4 is 5.32 Å². The molecule has 1 aromatic carbocycles. The number of fused-ring (bicyclic) bond motifs is 1. The maximum atomic E-state index is 14.0. The van der Waals surface area contributed by atoms with E-state index in [-0.39, 0.29) is 12.3 Å².